The van der Waals surface area contributed by atoms with E-state index in [0.717, 1.165) is 56.2 Å². The van der Waals surface area contributed by atoms with Crippen LogP contribution in [0, 0.1) is 6.92 Å². The minimum atomic E-state index is -0.197. The van der Waals surface area contributed by atoms with Crippen molar-refractivity contribution in [3.8, 4) is 56.4 Å². The molecule has 264 valence electrons. The standard InChI is InChI=1S/C51H40N4/c1-31-26-33(49-53-44-21-13-15-23-46(44)55(49)35-18-10-7-11-19-35)28-42-47(31)38-30-40-37(29-41(38)51(42,4)5)36-25-24-32(27-39(36)50(40,2)3)48-52-43-20-12-14-22-45(43)54(48)34-16-8-6-9-17-34/h6-30H,1-5H3. The molecular weight excluding hydrogens is 669 g/mol. The van der Waals surface area contributed by atoms with E-state index in [-0.39, 0.29) is 10.8 Å². The highest BCUT2D eigenvalue weighted by Gasteiger charge is 2.42. The van der Waals surface area contributed by atoms with Crippen molar-refractivity contribution in [3.05, 3.63) is 179 Å². The highest BCUT2D eigenvalue weighted by molar-refractivity contribution is 5.93. The molecule has 0 spiro atoms. The molecule has 7 aromatic carbocycles. The maximum atomic E-state index is 5.24. The normalized spacial score (nSPS) is 14.6. The second kappa shape index (κ2) is 11.3. The Bertz CT molecular complexity index is 3030. The number of aromatic nitrogens is 4. The summed E-state index contributed by atoms with van der Waals surface area (Å²) in [6, 6.07) is 54.9. The highest BCUT2D eigenvalue weighted by atomic mass is 15.1. The monoisotopic (exact) mass is 708 g/mol. The smallest absolute Gasteiger partial charge is 0.145 e. The summed E-state index contributed by atoms with van der Waals surface area (Å²) in [7, 11) is 0. The van der Waals surface area contributed by atoms with Crippen molar-refractivity contribution in [2.24, 2.45) is 0 Å². The van der Waals surface area contributed by atoms with Crippen LogP contribution in [0.2, 0.25) is 0 Å². The molecule has 4 nitrogen and oxygen atoms in total. The van der Waals surface area contributed by atoms with Gasteiger partial charge in [0.05, 0.1) is 22.1 Å². The molecule has 0 N–H and O–H groups in total. The molecule has 2 aliphatic rings. The van der Waals surface area contributed by atoms with E-state index in [1.165, 1.54) is 50.1 Å². The first-order valence-electron chi connectivity index (χ1n) is 19.3. The molecule has 2 aliphatic carbocycles. The molecule has 9 aromatic rings. The van der Waals surface area contributed by atoms with Gasteiger partial charge in [-0.2, -0.15) is 0 Å². The van der Waals surface area contributed by atoms with Gasteiger partial charge in [-0.05, 0) is 136 Å². The van der Waals surface area contributed by atoms with Crippen molar-refractivity contribution in [3.63, 3.8) is 0 Å². The minimum Gasteiger partial charge on any atom is -0.292 e. The fourth-order valence-electron chi connectivity index (χ4n) is 9.67. The van der Waals surface area contributed by atoms with Crippen molar-refractivity contribution in [2.45, 2.75) is 45.4 Å². The Kier molecular flexibility index (Phi) is 6.54. The van der Waals surface area contributed by atoms with E-state index < -0.39 is 0 Å². The summed E-state index contributed by atoms with van der Waals surface area (Å²) in [6.07, 6.45) is 0. The summed E-state index contributed by atoms with van der Waals surface area (Å²) in [5.41, 5.74) is 20.5. The number of rotatable bonds is 4. The first kappa shape index (κ1) is 32.0. The van der Waals surface area contributed by atoms with Gasteiger partial charge in [0.2, 0.25) is 0 Å². The van der Waals surface area contributed by atoms with Crippen LogP contribution < -0.4 is 0 Å². The summed E-state index contributed by atoms with van der Waals surface area (Å²) >= 11 is 0. The van der Waals surface area contributed by atoms with Crippen LogP contribution in [0.1, 0.15) is 55.5 Å². The van der Waals surface area contributed by atoms with Crippen LogP contribution in [-0.2, 0) is 10.8 Å². The van der Waals surface area contributed by atoms with E-state index in [4.69, 9.17) is 9.97 Å². The second-order valence-corrected chi connectivity index (χ2v) is 16.4. The lowest BCUT2D eigenvalue weighted by Gasteiger charge is -2.24. The molecule has 4 heteroatoms. The van der Waals surface area contributed by atoms with Crippen molar-refractivity contribution in [1.29, 1.82) is 0 Å². The molecular formula is C51H40N4. The van der Waals surface area contributed by atoms with Gasteiger partial charge in [0.25, 0.3) is 0 Å². The van der Waals surface area contributed by atoms with E-state index in [9.17, 15) is 0 Å². The zero-order valence-electron chi connectivity index (χ0n) is 31.7. The third-order valence-electron chi connectivity index (χ3n) is 12.4. The van der Waals surface area contributed by atoms with E-state index >= 15 is 0 Å². The topological polar surface area (TPSA) is 35.6 Å². The van der Waals surface area contributed by atoms with Gasteiger partial charge in [0.1, 0.15) is 11.6 Å². The van der Waals surface area contributed by atoms with Crippen molar-refractivity contribution < 1.29 is 0 Å². The van der Waals surface area contributed by atoms with Crippen molar-refractivity contribution >= 4 is 22.1 Å². The fraction of sp³-hybridized carbons (Fsp3) is 0.137. The lowest BCUT2D eigenvalue weighted by Crippen LogP contribution is -2.17. The van der Waals surface area contributed by atoms with Gasteiger partial charge < -0.3 is 0 Å². The van der Waals surface area contributed by atoms with Crippen LogP contribution in [0.3, 0.4) is 0 Å². The molecule has 0 fully saturated rings. The number of nitrogens with zero attached hydrogens (tertiary/aromatic N) is 4. The number of benzene rings is 7. The Morgan fingerprint density at radius 2 is 0.891 bits per heavy atom. The average molecular weight is 709 g/mol. The van der Waals surface area contributed by atoms with Gasteiger partial charge in [0.15, 0.2) is 0 Å². The van der Waals surface area contributed by atoms with Crippen LogP contribution >= 0.6 is 0 Å². The first-order valence-corrected chi connectivity index (χ1v) is 19.3. The van der Waals surface area contributed by atoms with Gasteiger partial charge in [-0.15, -0.1) is 0 Å². The number of fused-ring (bicyclic) bond motifs is 8. The quantitative estimate of drug-likeness (QED) is 0.182. The largest absolute Gasteiger partial charge is 0.292 e. The number of para-hydroxylation sites is 6. The predicted molar refractivity (Wildman–Crippen MR) is 226 cm³/mol. The molecule has 0 amide bonds. The van der Waals surface area contributed by atoms with Crippen LogP contribution in [-0.4, -0.2) is 19.1 Å². The van der Waals surface area contributed by atoms with E-state index in [1.54, 1.807) is 0 Å². The SMILES string of the molecule is Cc1cc(-c2nc3ccccc3n2-c2ccccc2)cc2c1-c1cc3c(cc1C2(C)C)-c1ccc(-c2nc4ccccc4n2-c2ccccc2)cc1C3(C)C. The maximum Gasteiger partial charge on any atom is 0.145 e. The molecule has 2 aromatic heterocycles. The summed E-state index contributed by atoms with van der Waals surface area (Å²) in [5.74, 6) is 1.94. The molecule has 0 saturated heterocycles. The van der Waals surface area contributed by atoms with Gasteiger partial charge in [-0.25, -0.2) is 9.97 Å². The van der Waals surface area contributed by atoms with Gasteiger partial charge in [-0.1, -0.05) is 100 Å². The van der Waals surface area contributed by atoms with Gasteiger partial charge >= 0.3 is 0 Å². The number of hydrogen-bond donors (Lipinski definition) is 0. The first-order chi connectivity index (χ1) is 26.7. The zero-order valence-corrected chi connectivity index (χ0v) is 31.7. The van der Waals surface area contributed by atoms with Gasteiger partial charge in [-0.3, -0.25) is 9.13 Å². The predicted octanol–water partition coefficient (Wildman–Crippen LogP) is 12.6. The fourth-order valence-corrected chi connectivity index (χ4v) is 9.67. The minimum absolute atomic E-state index is 0.194. The van der Waals surface area contributed by atoms with Crippen molar-refractivity contribution in [2.75, 3.05) is 0 Å². The van der Waals surface area contributed by atoms with Gasteiger partial charge in [0, 0.05) is 33.3 Å². The molecule has 55 heavy (non-hydrogen) atoms. The maximum absolute atomic E-state index is 5.24. The zero-order chi connectivity index (χ0) is 37.2. The highest BCUT2D eigenvalue weighted by Crippen LogP contribution is 2.57. The number of aryl methyl sites for hydroxylation is 1. The Labute approximate surface area is 321 Å². The Morgan fingerprint density at radius 3 is 1.51 bits per heavy atom. The molecule has 0 bridgehead atoms. The average Bonchev–Trinajstić information content (AvgIpc) is 3.91. The molecule has 0 aliphatic heterocycles. The molecule has 0 unspecified atom stereocenters. The Hall–Kier alpha value is -6.52. The third-order valence-corrected chi connectivity index (χ3v) is 12.4. The molecule has 0 atom stereocenters. The summed E-state index contributed by atoms with van der Waals surface area (Å²) in [6.45, 7) is 11.8. The summed E-state index contributed by atoms with van der Waals surface area (Å²) < 4.78 is 4.61. The van der Waals surface area contributed by atoms with Crippen LogP contribution in [0.5, 0.6) is 0 Å². The molecule has 0 radical (unpaired) electrons. The number of hydrogen-bond acceptors (Lipinski definition) is 2. The van der Waals surface area contributed by atoms with Crippen molar-refractivity contribution in [1.82, 2.24) is 19.1 Å². The molecule has 11 rings (SSSR count). The van der Waals surface area contributed by atoms with E-state index in [0.29, 0.717) is 0 Å². The Balaban J connectivity index is 1.05. The van der Waals surface area contributed by atoms with Crippen LogP contribution in [0.4, 0.5) is 0 Å². The Morgan fingerprint density at radius 1 is 0.418 bits per heavy atom. The van der Waals surface area contributed by atoms with E-state index in [2.05, 4.69) is 195 Å². The summed E-state index contributed by atoms with van der Waals surface area (Å²) in [5, 5.41) is 0. The second-order valence-electron chi connectivity index (χ2n) is 16.4. The lowest BCUT2D eigenvalue weighted by atomic mass is 9.79. The molecule has 0 saturated carbocycles. The lowest BCUT2D eigenvalue weighted by molar-refractivity contribution is 0.652. The van der Waals surface area contributed by atoms with Crippen LogP contribution in [0.25, 0.3) is 78.5 Å². The molecule has 2 heterocycles. The van der Waals surface area contributed by atoms with E-state index in [1.807, 2.05) is 0 Å². The number of imidazole rings is 2. The third kappa shape index (κ3) is 4.45. The summed E-state index contributed by atoms with van der Waals surface area (Å²) in [4.78, 5) is 10.4. The van der Waals surface area contributed by atoms with Crippen LogP contribution in [0.15, 0.2) is 152 Å².